The fourth-order valence-electron chi connectivity index (χ4n) is 2.65. The highest BCUT2D eigenvalue weighted by Crippen LogP contribution is 2.19. The summed E-state index contributed by atoms with van der Waals surface area (Å²) < 4.78 is 5.40. The Morgan fingerprint density at radius 2 is 2.06 bits per heavy atom. The maximum absolute atomic E-state index is 5.40. The number of ether oxygens (including phenoxy) is 1. The van der Waals surface area contributed by atoms with Crippen molar-refractivity contribution < 1.29 is 4.74 Å². The lowest BCUT2D eigenvalue weighted by molar-refractivity contribution is 0.351. The second-order valence-electron chi connectivity index (χ2n) is 5.11. The molecule has 0 amide bonds. The third-order valence-corrected chi connectivity index (χ3v) is 3.58. The molecule has 2 rings (SSSR count). The number of benzene rings is 1. The molecule has 1 atom stereocenters. The van der Waals surface area contributed by atoms with Crippen molar-refractivity contribution in [3.05, 3.63) is 29.8 Å². The van der Waals surface area contributed by atoms with Gasteiger partial charge in [0, 0.05) is 12.1 Å². The van der Waals surface area contributed by atoms with E-state index >= 15 is 0 Å². The van der Waals surface area contributed by atoms with Crippen molar-refractivity contribution in [2.45, 2.75) is 38.3 Å². The van der Waals surface area contributed by atoms with Crippen molar-refractivity contribution in [2.75, 3.05) is 20.2 Å². The van der Waals surface area contributed by atoms with Gasteiger partial charge in [-0.15, -0.1) is 0 Å². The molecule has 3 nitrogen and oxygen atoms in total. The molecule has 1 aliphatic rings. The average molecular weight is 248 g/mol. The first-order valence-electron chi connectivity index (χ1n) is 6.88. The molecule has 1 aromatic carbocycles. The largest absolute Gasteiger partial charge is 0.496 e. The van der Waals surface area contributed by atoms with E-state index in [1.807, 2.05) is 12.1 Å². The van der Waals surface area contributed by atoms with Crippen LogP contribution in [0.1, 0.15) is 25.3 Å². The molecule has 0 saturated carbocycles. The summed E-state index contributed by atoms with van der Waals surface area (Å²) in [7, 11) is 1.74. The van der Waals surface area contributed by atoms with Crippen LogP contribution in [0.5, 0.6) is 5.75 Å². The van der Waals surface area contributed by atoms with Crippen LogP contribution >= 0.6 is 0 Å². The fourth-order valence-corrected chi connectivity index (χ4v) is 2.65. The van der Waals surface area contributed by atoms with Gasteiger partial charge in [0.2, 0.25) is 0 Å². The quantitative estimate of drug-likeness (QED) is 0.836. The summed E-state index contributed by atoms with van der Waals surface area (Å²) in [5.74, 6) is 0.997. The van der Waals surface area contributed by atoms with Crippen molar-refractivity contribution >= 4 is 0 Å². The molecule has 2 N–H and O–H groups in total. The fraction of sp³-hybridized carbons (Fsp3) is 0.600. The van der Waals surface area contributed by atoms with E-state index < -0.39 is 0 Å². The molecule has 0 aliphatic carbocycles. The van der Waals surface area contributed by atoms with Gasteiger partial charge in [0.25, 0.3) is 0 Å². The molecule has 100 valence electrons. The first-order chi connectivity index (χ1) is 8.79. The predicted molar refractivity (Wildman–Crippen MR) is 75.2 cm³/mol. The molecular weight excluding hydrogens is 224 g/mol. The summed E-state index contributed by atoms with van der Waals surface area (Å²) >= 11 is 0. The normalized spacial score (nSPS) is 18.6. The van der Waals surface area contributed by atoms with E-state index in [0.717, 1.165) is 25.3 Å². The molecular formula is C15H24N2O. The molecule has 0 spiro atoms. The van der Waals surface area contributed by atoms with Gasteiger partial charge in [-0.25, -0.2) is 0 Å². The van der Waals surface area contributed by atoms with Gasteiger partial charge in [0.05, 0.1) is 7.11 Å². The van der Waals surface area contributed by atoms with Crippen LogP contribution in [0.25, 0.3) is 0 Å². The van der Waals surface area contributed by atoms with Crippen LogP contribution in [0.3, 0.4) is 0 Å². The van der Waals surface area contributed by atoms with Crippen LogP contribution in [0, 0.1) is 0 Å². The summed E-state index contributed by atoms with van der Waals surface area (Å²) in [6, 6.07) is 9.44. The summed E-state index contributed by atoms with van der Waals surface area (Å²) in [4.78, 5) is 0. The van der Waals surface area contributed by atoms with Crippen molar-refractivity contribution in [1.82, 2.24) is 10.6 Å². The number of para-hydroxylation sites is 1. The van der Waals surface area contributed by atoms with E-state index in [-0.39, 0.29) is 0 Å². The molecule has 1 unspecified atom stereocenters. The van der Waals surface area contributed by atoms with E-state index in [1.165, 1.54) is 18.4 Å². The van der Waals surface area contributed by atoms with Gasteiger partial charge >= 0.3 is 0 Å². The van der Waals surface area contributed by atoms with Gasteiger partial charge in [-0.1, -0.05) is 18.2 Å². The zero-order chi connectivity index (χ0) is 12.8. The van der Waals surface area contributed by atoms with Crippen molar-refractivity contribution in [3.63, 3.8) is 0 Å². The maximum atomic E-state index is 5.40. The molecule has 1 aromatic rings. The Morgan fingerprint density at radius 3 is 2.78 bits per heavy atom. The number of nitrogens with one attached hydrogen (secondary N) is 2. The van der Waals surface area contributed by atoms with Crippen LogP contribution < -0.4 is 15.4 Å². The van der Waals surface area contributed by atoms with Crippen LogP contribution in [0.15, 0.2) is 24.3 Å². The lowest BCUT2D eigenvalue weighted by Crippen LogP contribution is -2.44. The summed E-state index contributed by atoms with van der Waals surface area (Å²) in [6.07, 6.45) is 3.49. The Morgan fingerprint density at radius 1 is 1.33 bits per heavy atom. The van der Waals surface area contributed by atoms with Gasteiger partial charge in [-0.3, -0.25) is 0 Å². The minimum Gasteiger partial charge on any atom is -0.496 e. The molecule has 3 heteroatoms. The lowest BCUT2D eigenvalue weighted by Gasteiger charge is -2.27. The van der Waals surface area contributed by atoms with Crippen LogP contribution in [-0.4, -0.2) is 32.3 Å². The topological polar surface area (TPSA) is 33.3 Å². The Hall–Kier alpha value is -1.06. The molecule has 18 heavy (non-hydrogen) atoms. The van der Waals surface area contributed by atoms with Gasteiger partial charge in [-0.05, 0) is 50.9 Å². The Kier molecular flexibility index (Phi) is 5.02. The predicted octanol–water partition coefficient (Wildman–Crippen LogP) is 1.97. The van der Waals surface area contributed by atoms with E-state index in [9.17, 15) is 0 Å². The first kappa shape index (κ1) is 13.4. The SMILES string of the molecule is COc1ccccc1CC(C)NC1CCNCC1. The lowest BCUT2D eigenvalue weighted by atomic mass is 10.0. The smallest absolute Gasteiger partial charge is 0.122 e. The molecule has 1 saturated heterocycles. The molecule has 0 radical (unpaired) electrons. The monoisotopic (exact) mass is 248 g/mol. The molecule has 0 bridgehead atoms. The third kappa shape index (κ3) is 3.72. The highest BCUT2D eigenvalue weighted by molar-refractivity contribution is 5.33. The number of piperidine rings is 1. The van der Waals surface area contributed by atoms with Gasteiger partial charge in [0.1, 0.15) is 5.75 Å². The summed E-state index contributed by atoms with van der Waals surface area (Å²) in [6.45, 7) is 4.53. The number of rotatable bonds is 5. The average Bonchev–Trinajstić information content (AvgIpc) is 2.40. The minimum absolute atomic E-state index is 0.490. The molecule has 1 fully saturated rings. The second kappa shape index (κ2) is 6.76. The zero-order valence-corrected chi connectivity index (χ0v) is 11.4. The Labute approximate surface area is 110 Å². The van der Waals surface area contributed by atoms with Crippen molar-refractivity contribution in [3.8, 4) is 5.75 Å². The van der Waals surface area contributed by atoms with Crippen LogP contribution in [0.4, 0.5) is 0 Å². The Bertz CT molecular complexity index is 361. The number of hydrogen-bond donors (Lipinski definition) is 2. The van der Waals surface area contributed by atoms with Crippen molar-refractivity contribution in [2.24, 2.45) is 0 Å². The number of methoxy groups -OCH3 is 1. The number of hydrogen-bond acceptors (Lipinski definition) is 3. The first-order valence-corrected chi connectivity index (χ1v) is 6.88. The van der Waals surface area contributed by atoms with E-state index in [1.54, 1.807) is 7.11 Å². The zero-order valence-electron chi connectivity index (χ0n) is 11.4. The summed E-state index contributed by atoms with van der Waals surface area (Å²) in [5.41, 5.74) is 1.29. The summed E-state index contributed by atoms with van der Waals surface area (Å²) in [5, 5.41) is 7.12. The van der Waals surface area contributed by atoms with Gasteiger partial charge in [0.15, 0.2) is 0 Å². The van der Waals surface area contributed by atoms with Gasteiger partial charge < -0.3 is 15.4 Å². The van der Waals surface area contributed by atoms with Crippen LogP contribution in [-0.2, 0) is 6.42 Å². The van der Waals surface area contributed by atoms with Crippen LogP contribution in [0.2, 0.25) is 0 Å². The molecule has 0 aromatic heterocycles. The van der Waals surface area contributed by atoms with E-state index in [2.05, 4.69) is 29.7 Å². The highest BCUT2D eigenvalue weighted by Gasteiger charge is 2.16. The van der Waals surface area contributed by atoms with Crippen molar-refractivity contribution in [1.29, 1.82) is 0 Å². The molecule has 1 heterocycles. The third-order valence-electron chi connectivity index (χ3n) is 3.58. The maximum Gasteiger partial charge on any atom is 0.122 e. The molecule has 1 aliphatic heterocycles. The van der Waals surface area contributed by atoms with E-state index in [0.29, 0.717) is 12.1 Å². The minimum atomic E-state index is 0.490. The van der Waals surface area contributed by atoms with Gasteiger partial charge in [-0.2, -0.15) is 0 Å². The standard InChI is InChI=1S/C15H24N2O/c1-12(17-14-7-9-16-10-8-14)11-13-5-3-4-6-15(13)18-2/h3-6,12,14,16-17H,7-11H2,1-2H3. The van der Waals surface area contributed by atoms with E-state index in [4.69, 9.17) is 4.74 Å². The Balaban J connectivity index is 1.87. The highest BCUT2D eigenvalue weighted by atomic mass is 16.5. The second-order valence-corrected chi connectivity index (χ2v) is 5.11.